The van der Waals surface area contributed by atoms with Gasteiger partial charge in [-0.3, -0.25) is 9.79 Å². The van der Waals surface area contributed by atoms with Crippen molar-refractivity contribution in [2.75, 3.05) is 19.0 Å². The molecule has 0 radical (unpaired) electrons. The molecule has 1 aliphatic rings. The van der Waals surface area contributed by atoms with E-state index in [0.717, 1.165) is 41.3 Å². The number of carbonyl (C=O) groups excluding carboxylic acids is 1. The summed E-state index contributed by atoms with van der Waals surface area (Å²) in [5.74, 6) is 0.638. The fourth-order valence-corrected chi connectivity index (χ4v) is 3.72. The van der Waals surface area contributed by atoms with Crippen LogP contribution in [0.15, 0.2) is 69.9 Å². The van der Waals surface area contributed by atoms with Crippen molar-refractivity contribution in [2.24, 2.45) is 4.99 Å². The second-order valence-electron chi connectivity index (χ2n) is 7.88. The molecule has 0 bridgehead atoms. The number of hydrogen-bond donors (Lipinski definition) is 1. The van der Waals surface area contributed by atoms with E-state index in [1.165, 1.54) is 30.4 Å². The van der Waals surface area contributed by atoms with Crippen molar-refractivity contribution in [1.82, 2.24) is 0 Å². The summed E-state index contributed by atoms with van der Waals surface area (Å²) in [4.78, 5) is 17.3. The Morgan fingerprint density at radius 3 is 2.69 bits per heavy atom. The SMILES string of the molecule is C=C/C=C(\CC=NCC(/C=C(/Cl)CC)=C(/C)OC)C(=O)Nc1ccc2c(c1)CCCCC2. The van der Waals surface area contributed by atoms with E-state index in [0.29, 0.717) is 18.5 Å². The van der Waals surface area contributed by atoms with Crippen molar-refractivity contribution >= 4 is 29.4 Å². The number of aliphatic imine (C=N–C) groups is 1. The Bertz CT molecular complexity index is 926. The van der Waals surface area contributed by atoms with Gasteiger partial charge in [0.2, 0.25) is 0 Å². The number of aryl methyl sites for hydroxylation is 2. The molecule has 0 spiro atoms. The minimum Gasteiger partial charge on any atom is -0.501 e. The van der Waals surface area contributed by atoms with Gasteiger partial charge in [0.25, 0.3) is 5.91 Å². The molecule has 4 nitrogen and oxygen atoms in total. The molecule has 0 aromatic heterocycles. The van der Waals surface area contributed by atoms with Gasteiger partial charge in [0.1, 0.15) is 0 Å². The number of halogens is 1. The molecule has 0 heterocycles. The minimum absolute atomic E-state index is 0.136. The Labute approximate surface area is 197 Å². The average Bonchev–Trinajstić information content (AvgIpc) is 3.04. The first-order valence-electron chi connectivity index (χ1n) is 11.3. The second-order valence-corrected chi connectivity index (χ2v) is 8.37. The molecule has 0 saturated carbocycles. The third-order valence-corrected chi connectivity index (χ3v) is 5.97. The lowest BCUT2D eigenvalue weighted by Crippen LogP contribution is -2.15. The Kier molecular flexibility index (Phi) is 11.0. The smallest absolute Gasteiger partial charge is 0.251 e. The van der Waals surface area contributed by atoms with Crippen LogP contribution in [0.2, 0.25) is 0 Å². The summed E-state index contributed by atoms with van der Waals surface area (Å²) in [6.07, 6.45) is 14.1. The highest BCUT2D eigenvalue weighted by molar-refractivity contribution is 6.29. The van der Waals surface area contributed by atoms with Crippen LogP contribution in [0.1, 0.15) is 57.1 Å². The molecule has 0 aliphatic heterocycles. The number of rotatable bonds is 10. The summed E-state index contributed by atoms with van der Waals surface area (Å²) < 4.78 is 5.34. The topological polar surface area (TPSA) is 50.7 Å². The first-order chi connectivity index (χ1) is 15.5. The number of carbonyl (C=O) groups is 1. The molecule has 32 heavy (non-hydrogen) atoms. The first kappa shape index (κ1) is 25.7. The van der Waals surface area contributed by atoms with E-state index in [2.05, 4.69) is 29.0 Å². The molecular formula is C27H35ClN2O2. The number of amides is 1. The lowest BCUT2D eigenvalue weighted by molar-refractivity contribution is -0.112. The van der Waals surface area contributed by atoms with Crippen molar-refractivity contribution in [3.63, 3.8) is 0 Å². The third kappa shape index (κ3) is 8.16. The largest absolute Gasteiger partial charge is 0.501 e. The fourth-order valence-electron chi connectivity index (χ4n) is 3.58. The number of nitrogens with zero attached hydrogens (tertiary/aromatic N) is 1. The van der Waals surface area contributed by atoms with Gasteiger partial charge in [-0.25, -0.2) is 0 Å². The summed E-state index contributed by atoms with van der Waals surface area (Å²) in [5, 5.41) is 3.78. The zero-order valence-corrected chi connectivity index (χ0v) is 20.3. The molecule has 5 heteroatoms. The number of ether oxygens (including phenoxy) is 1. The fraction of sp³-hybridized carbons (Fsp3) is 0.407. The quantitative estimate of drug-likeness (QED) is 0.137. The molecule has 0 fully saturated rings. The monoisotopic (exact) mass is 454 g/mol. The van der Waals surface area contributed by atoms with Gasteiger partial charge in [0.05, 0.1) is 19.4 Å². The van der Waals surface area contributed by atoms with Crippen molar-refractivity contribution in [3.8, 4) is 0 Å². The van der Waals surface area contributed by atoms with E-state index >= 15 is 0 Å². The molecule has 172 valence electrons. The number of nitrogens with one attached hydrogen (secondary N) is 1. The number of anilines is 1. The Hall–Kier alpha value is -2.59. The van der Waals surface area contributed by atoms with Crippen LogP contribution in [0, 0.1) is 0 Å². The number of allylic oxidation sites excluding steroid dienone is 4. The Balaban J connectivity index is 2.04. The number of benzene rings is 1. The van der Waals surface area contributed by atoms with E-state index in [9.17, 15) is 4.79 Å². The molecule has 0 unspecified atom stereocenters. The zero-order chi connectivity index (χ0) is 23.3. The summed E-state index contributed by atoms with van der Waals surface area (Å²) in [7, 11) is 1.63. The van der Waals surface area contributed by atoms with Crippen LogP contribution in [0.5, 0.6) is 0 Å². The lowest BCUT2D eigenvalue weighted by Gasteiger charge is -2.11. The van der Waals surface area contributed by atoms with E-state index in [4.69, 9.17) is 16.3 Å². The van der Waals surface area contributed by atoms with Gasteiger partial charge in [-0.15, -0.1) is 0 Å². The summed E-state index contributed by atoms with van der Waals surface area (Å²) in [5.41, 5.74) is 5.11. The molecular weight excluding hydrogens is 420 g/mol. The van der Waals surface area contributed by atoms with Crippen molar-refractivity contribution in [3.05, 3.63) is 76.1 Å². The second kappa shape index (κ2) is 13.7. The molecule has 2 rings (SSSR count). The highest BCUT2D eigenvalue weighted by Crippen LogP contribution is 2.24. The maximum atomic E-state index is 12.9. The van der Waals surface area contributed by atoms with Crippen molar-refractivity contribution in [2.45, 2.75) is 58.8 Å². The molecule has 1 N–H and O–H groups in total. The summed E-state index contributed by atoms with van der Waals surface area (Å²) in [6.45, 7) is 8.06. The van der Waals surface area contributed by atoms with Crippen molar-refractivity contribution in [1.29, 1.82) is 0 Å². The lowest BCUT2D eigenvalue weighted by atomic mass is 10.0. The minimum atomic E-state index is -0.136. The van der Waals surface area contributed by atoms with Gasteiger partial charge < -0.3 is 10.1 Å². The standard InChI is InChI=1S/C27H35ClN2O2/c1-5-10-22(15-16-29-19-24(20(3)32-4)17-25(28)6-2)27(31)30-26-14-13-21-11-8-7-9-12-23(21)18-26/h5,10,13-14,16-18H,1,6-9,11-12,15,19H2,2-4H3,(H,30,31)/b22-10+,24-20-,25-17+,29-16?. The predicted octanol–water partition coefficient (Wildman–Crippen LogP) is 6.92. The number of hydrogen-bond acceptors (Lipinski definition) is 3. The number of fused-ring (bicyclic) bond motifs is 1. The van der Waals surface area contributed by atoms with Crippen LogP contribution >= 0.6 is 11.6 Å². The van der Waals surface area contributed by atoms with Crippen LogP contribution in [0.3, 0.4) is 0 Å². The van der Waals surface area contributed by atoms with Crippen LogP contribution in [-0.2, 0) is 22.4 Å². The number of methoxy groups -OCH3 is 1. The van der Waals surface area contributed by atoms with E-state index < -0.39 is 0 Å². The van der Waals surface area contributed by atoms with Crippen LogP contribution in [0.25, 0.3) is 0 Å². The summed E-state index contributed by atoms with van der Waals surface area (Å²) in [6, 6.07) is 6.26. The zero-order valence-electron chi connectivity index (χ0n) is 19.5. The normalized spacial score (nSPS) is 15.6. The van der Waals surface area contributed by atoms with Crippen molar-refractivity contribution < 1.29 is 9.53 Å². The Morgan fingerprint density at radius 2 is 2.00 bits per heavy atom. The van der Waals surface area contributed by atoms with Gasteiger partial charge in [-0.1, -0.05) is 49.7 Å². The molecule has 1 aromatic rings. The van der Waals surface area contributed by atoms with E-state index in [-0.39, 0.29) is 5.91 Å². The predicted molar refractivity (Wildman–Crippen MR) is 137 cm³/mol. The maximum Gasteiger partial charge on any atom is 0.251 e. The maximum absolute atomic E-state index is 12.9. The molecule has 1 aromatic carbocycles. The first-order valence-corrected chi connectivity index (χ1v) is 11.7. The van der Waals surface area contributed by atoms with Crippen LogP contribution in [-0.4, -0.2) is 25.8 Å². The van der Waals surface area contributed by atoms with Crippen LogP contribution in [0.4, 0.5) is 5.69 Å². The van der Waals surface area contributed by atoms with E-state index in [1.54, 1.807) is 25.5 Å². The van der Waals surface area contributed by atoms with Gasteiger partial charge in [0.15, 0.2) is 0 Å². The highest BCUT2D eigenvalue weighted by atomic mass is 35.5. The van der Waals surface area contributed by atoms with Gasteiger partial charge in [0, 0.05) is 34.5 Å². The van der Waals surface area contributed by atoms with Gasteiger partial charge in [-0.05, 0) is 68.4 Å². The third-order valence-electron chi connectivity index (χ3n) is 5.60. The van der Waals surface area contributed by atoms with Gasteiger partial charge in [-0.2, -0.15) is 0 Å². The molecule has 1 amide bonds. The Morgan fingerprint density at radius 1 is 1.25 bits per heavy atom. The molecule has 0 saturated heterocycles. The van der Waals surface area contributed by atoms with Crippen LogP contribution < -0.4 is 5.32 Å². The molecule has 0 atom stereocenters. The highest BCUT2D eigenvalue weighted by Gasteiger charge is 2.12. The summed E-state index contributed by atoms with van der Waals surface area (Å²) >= 11 is 6.18. The molecule has 1 aliphatic carbocycles. The average molecular weight is 455 g/mol. The van der Waals surface area contributed by atoms with E-state index in [1.807, 2.05) is 26.0 Å². The van der Waals surface area contributed by atoms with Gasteiger partial charge >= 0.3 is 0 Å².